The highest BCUT2D eigenvalue weighted by Gasteiger charge is 2.30. The van der Waals surface area contributed by atoms with Gasteiger partial charge in [0.1, 0.15) is 24.4 Å². The Morgan fingerprint density at radius 1 is 0.741 bits per heavy atom. The van der Waals surface area contributed by atoms with Gasteiger partial charge in [-0.2, -0.15) is 0 Å². The molecule has 58 heavy (non-hydrogen) atoms. The molecule has 0 radical (unpaired) electrons. The highest BCUT2D eigenvalue weighted by molar-refractivity contribution is 7.14. The van der Waals surface area contributed by atoms with Gasteiger partial charge >= 0.3 is 11.9 Å². The van der Waals surface area contributed by atoms with Gasteiger partial charge in [0.15, 0.2) is 5.82 Å². The standard InChI is InChI=1S/C46H52N4O7S/c1-5-6-7-8-12-25-56-36-21-19-33(20-22-36)35-28-47-42(48-29-35)34-17-15-31(16-18-34)26-37(49-44(53)39-23-24-40(58-39)46(2,3)4)43(52)50-38(45(54)55)27-41(51)57-30-32-13-10-9-11-14-32/h9-11,13-24,28-29,37-38H,5-8,12,25-27,30H2,1-4H3,(H,49,53)(H,50,52)(H,54,55). The molecule has 3 aromatic carbocycles. The van der Waals surface area contributed by atoms with Gasteiger partial charge < -0.3 is 25.2 Å². The Morgan fingerprint density at radius 3 is 2.05 bits per heavy atom. The van der Waals surface area contributed by atoms with Crippen LogP contribution in [0.1, 0.15) is 91.9 Å². The third-order valence-electron chi connectivity index (χ3n) is 9.43. The SMILES string of the molecule is CCCCCCCOc1ccc(-c2cnc(-c3ccc(CC(NC(=O)c4ccc(C(C)(C)C)s4)C(=O)NC(CC(=O)OCc4ccccc4)C(=O)O)cc3)nc2)cc1. The Bertz CT molecular complexity index is 2100. The highest BCUT2D eigenvalue weighted by Crippen LogP contribution is 2.30. The fourth-order valence-electron chi connectivity index (χ4n) is 6.03. The number of benzene rings is 3. The molecule has 0 spiro atoms. The van der Waals surface area contributed by atoms with Gasteiger partial charge in [-0.3, -0.25) is 14.4 Å². The van der Waals surface area contributed by atoms with Crippen LogP contribution in [0.2, 0.25) is 0 Å². The second kappa shape index (κ2) is 21.0. The van der Waals surface area contributed by atoms with E-state index in [1.807, 2.05) is 69.3 Å². The van der Waals surface area contributed by atoms with Gasteiger partial charge in [0.25, 0.3) is 5.91 Å². The first kappa shape index (κ1) is 43.2. The second-order valence-corrected chi connectivity index (χ2v) is 16.3. The van der Waals surface area contributed by atoms with Crippen molar-refractivity contribution in [2.24, 2.45) is 0 Å². The first-order valence-electron chi connectivity index (χ1n) is 19.7. The summed E-state index contributed by atoms with van der Waals surface area (Å²) in [4.78, 5) is 62.6. The normalized spacial score (nSPS) is 12.3. The average molecular weight is 805 g/mol. The van der Waals surface area contributed by atoms with E-state index in [1.165, 1.54) is 37.0 Å². The maximum Gasteiger partial charge on any atom is 0.326 e. The summed E-state index contributed by atoms with van der Waals surface area (Å²) in [7, 11) is 0. The molecule has 2 atom stereocenters. The number of aromatic nitrogens is 2. The topological polar surface area (TPSA) is 157 Å². The molecule has 0 fully saturated rings. The van der Waals surface area contributed by atoms with E-state index >= 15 is 0 Å². The van der Waals surface area contributed by atoms with Crippen molar-refractivity contribution in [3.05, 3.63) is 124 Å². The third-order valence-corrected chi connectivity index (χ3v) is 10.9. The Balaban J connectivity index is 1.24. The van der Waals surface area contributed by atoms with Crippen molar-refractivity contribution in [2.75, 3.05) is 6.61 Å². The molecule has 5 rings (SSSR count). The van der Waals surface area contributed by atoms with Crippen LogP contribution in [0.15, 0.2) is 103 Å². The Morgan fingerprint density at radius 2 is 1.41 bits per heavy atom. The minimum absolute atomic E-state index is 0.0375. The molecule has 2 unspecified atom stereocenters. The number of ether oxygens (including phenoxy) is 2. The number of amides is 2. The van der Waals surface area contributed by atoms with Crippen molar-refractivity contribution < 1.29 is 33.8 Å². The largest absolute Gasteiger partial charge is 0.494 e. The summed E-state index contributed by atoms with van der Waals surface area (Å²) in [6.07, 6.45) is 8.91. The predicted molar refractivity (Wildman–Crippen MR) is 226 cm³/mol. The van der Waals surface area contributed by atoms with Gasteiger partial charge in [-0.1, -0.05) is 120 Å². The fourth-order valence-corrected chi connectivity index (χ4v) is 7.00. The summed E-state index contributed by atoms with van der Waals surface area (Å²) in [5, 5.41) is 15.2. The first-order chi connectivity index (χ1) is 27.9. The van der Waals surface area contributed by atoms with Crippen LogP contribution in [0.4, 0.5) is 0 Å². The summed E-state index contributed by atoms with van der Waals surface area (Å²) in [5.74, 6) is -2.08. The van der Waals surface area contributed by atoms with Crippen LogP contribution >= 0.6 is 11.3 Å². The maximum atomic E-state index is 13.7. The van der Waals surface area contributed by atoms with Gasteiger partial charge in [0.05, 0.1) is 17.9 Å². The van der Waals surface area contributed by atoms with E-state index < -0.39 is 42.3 Å². The van der Waals surface area contributed by atoms with E-state index in [1.54, 1.807) is 54.9 Å². The van der Waals surface area contributed by atoms with E-state index in [4.69, 9.17) is 9.47 Å². The van der Waals surface area contributed by atoms with Crippen molar-refractivity contribution in [1.82, 2.24) is 20.6 Å². The van der Waals surface area contributed by atoms with Crippen molar-refractivity contribution in [1.29, 1.82) is 0 Å². The van der Waals surface area contributed by atoms with E-state index in [2.05, 4.69) is 27.5 Å². The van der Waals surface area contributed by atoms with Crippen molar-refractivity contribution in [3.8, 4) is 28.3 Å². The van der Waals surface area contributed by atoms with Crippen LogP contribution in [0.25, 0.3) is 22.5 Å². The lowest BCUT2D eigenvalue weighted by molar-refractivity contribution is -0.151. The van der Waals surface area contributed by atoms with E-state index in [-0.39, 0.29) is 18.4 Å². The number of rotatable bonds is 20. The highest BCUT2D eigenvalue weighted by atomic mass is 32.1. The van der Waals surface area contributed by atoms with Crippen LogP contribution in [0.5, 0.6) is 5.75 Å². The molecule has 11 nitrogen and oxygen atoms in total. The predicted octanol–water partition coefficient (Wildman–Crippen LogP) is 8.56. The maximum absolute atomic E-state index is 13.7. The number of carboxylic acid groups (broad SMARTS) is 1. The average Bonchev–Trinajstić information content (AvgIpc) is 3.74. The number of hydrogen-bond donors (Lipinski definition) is 3. The monoisotopic (exact) mass is 804 g/mol. The van der Waals surface area contributed by atoms with Crippen LogP contribution in [0, 0.1) is 0 Å². The third kappa shape index (κ3) is 13.1. The number of carbonyl (C=O) groups excluding carboxylic acids is 3. The molecule has 0 aliphatic rings. The fraction of sp³-hybridized carbons (Fsp3) is 0.348. The minimum atomic E-state index is -1.58. The number of carboxylic acids is 1. The molecule has 0 saturated carbocycles. The van der Waals surface area contributed by atoms with Crippen molar-refractivity contribution in [2.45, 2.75) is 96.7 Å². The zero-order chi connectivity index (χ0) is 41.5. The van der Waals surface area contributed by atoms with Gasteiger partial charge in [-0.15, -0.1) is 11.3 Å². The van der Waals surface area contributed by atoms with Crippen LogP contribution in [-0.4, -0.2) is 57.5 Å². The molecule has 0 bridgehead atoms. The molecule has 0 aliphatic heterocycles. The Kier molecular flexibility index (Phi) is 15.7. The molecular formula is C46H52N4O7S. The lowest BCUT2D eigenvalue weighted by atomic mass is 9.95. The summed E-state index contributed by atoms with van der Waals surface area (Å²) in [5.41, 5.74) is 3.83. The number of aliphatic carboxylic acids is 1. The number of unbranched alkanes of at least 4 members (excludes halogenated alkanes) is 4. The van der Waals surface area contributed by atoms with E-state index in [0.717, 1.165) is 39.3 Å². The first-order valence-corrected chi connectivity index (χ1v) is 20.5. The smallest absolute Gasteiger partial charge is 0.326 e. The molecule has 2 amide bonds. The van der Waals surface area contributed by atoms with Gasteiger partial charge in [-0.25, -0.2) is 14.8 Å². The lowest BCUT2D eigenvalue weighted by Gasteiger charge is -2.21. The molecule has 3 N–H and O–H groups in total. The van der Waals surface area contributed by atoms with E-state index in [9.17, 15) is 24.3 Å². The van der Waals surface area contributed by atoms with Crippen LogP contribution in [-0.2, 0) is 37.6 Å². The number of nitrogens with zero attached hydrogens (tertiary/aromatic N) is 2. The number of carbonyl (C=O) groups is 4. The van der Waals surface area contributed by atoms with Crippen LogP contribution in [0.3, 0.4) is 0 Å². The minimum Gasteiger partial charge on any atom is -0.494 e. The molecular weight excluding hydrogens is 753 g/mol. The number of hydrogen-bond acceptors (Lipinski definition) is 9. The van der Waals surface area contributed by atoms with Crippen molar-refractivity contribution in [3.63, 3.8) is 0 Å². The molecule has 304 valence electrons. The Labute approximate surface area is 344 Å². The molecule has 2 heterocycles. The van der Waals surface area contributed by atoms with Crippen molar-refractivity contribution >= 4 is 35.1 Å². The van der Waals surface area contributed by atoms with Gasteiger partial charge in [0.2, 0.25) is 5.91 Å². The summed E-state index contributed by atoms with van der Waals surface area (Å²) >= 11 is 1.33. The van der Waals surface area contributed by atoms with Gasteiger partial charge in [-0.05, 0) is 52.8 Å². The number of esters is 1. The number of nitrogens with one attached hydrogen (secondary N) is 2. The quantitative estimate of drug-likeness (QED) is 0.0518. The van der Waals surface area contributed by atoms with Gasteiger partial charge in [0, 0.05) is 34.8 Å². The summed E-state index contributed by atoms with van der Waals surface area (Å²) < 4.78 is 11.2. The zero-order valence-corrected chi connectivity index (χ0v) is 34.3. The molecule has 0 saturated heterocycles. The zero-order valence-electron chi connectivity index (χ0n) is 33.5. The second-order valence-electron chi connectivity index (χ2n) is 15.2. The molecule has 2 aromatic heterocycles. The summed E-state index contributed by atoms with van der Waals surface area (Å²) in [6, 6.07) is 25.0. The molecule has 5 aromatic rings. The number of thiophene rings is 1. The Hall–Kier alpha value is -5.88. The molecule has 12 heteroatoms. The molecule has 0 aliphatic carbocycles. The summed E-state index contributed by atoms with van der Waals surface area (Å²) in [6.45, 7) is 9.00. The lowest BCUT2D eigenvalue weighted by Crippen LogP contribution is -2.53. The van der Waals surface area contributed by atoms with Crippen LogP contribution < -0.4 is 15.4 Å². The van der Waals surface area contributed by atoms with E-state index in [0.29, 0.717) is 22.9 Å².